The fraction of sp³-hybridized carbons (Fsp3) is 0.538. The molecular formula is C26H36FN5O5. The first kappa shape index (κ1) is 28.1. The van der Waals surface area contributed by atoms with E-state index in [9.17, 15) is 23.6 Å². The second kappa shape index (κ2) is 12.7. The van der Waals surface area contributed by atoms with Gasteiger partial charge in [-0.2, -0.15) is 0 Å². The number of hydroxylamine groups is 1. The molecule has 2 bridgehead atoms. The first-order valence-corrected chi connectivity index (χ1v) is 12.7. The number of carbonyl (C=O) groups is 4. The lowest BCUT2D eigenvalue weighted by Gasteiger charge is -2.26. The van der Waals surface area contributed by atoms with Crippen molar-refractivity contribution in [3.05, 3.63) is 35.8 Å². The zero-order valence-electron chi connectivity index (χ0n) is 21.3. The van der Waals surface area contributed by atoms with Crippen molar-refractivity contribution in [2.75, 3.05) is 6.54 Å². The van der Waals surface area contributed by atoms with Crippen molar-refractivity contribution in [2.24, 2.45) is 23.5 Å². The minimum atomic E-state index is -1.62. The van der Waals surface area contributed by atoms with E-state index in [1.807, 2.05) is 24.6 Å². The fourth-order valence-electron chi connectivity index (χ4n) is 4.98. The topological polar surface area (TPSA) is 156 Å². The van der Waals surface area contributed by atoms with Gasteiger partial charge in [-0.05, 0) is 48.9 Å². The van der Waals surface area contributed by atoms with Crippen molar-refractivity contribution in [3.63, 3.8) is 0 Å². The van der Waals surface area contributed by atoms with Gasteiger partial charge in [0.25, 0.3) is 5.91 Å². The zero-order chi connectivity index (χ0) is 27.1. The summed E-state index contributed by atoms with van der Waals surface area (Å²) < 4.78 is 16.2. The van der Waals surface area contributed by atoms with Gasteiger partial charge in [-0.15, -0.1) is 0 Å². The highest BCUT2D eigenvalue weighted by Gasteiger charge is 2.39. The molecule has 1 unspecified atom stereocenters. The minimum Gasteiger partial charge on any atom is -0.369 e. The van der Waals surface area contributed by atoms with Gasteiger partial charge in [-0.3, -0.25) is 24.4 Å². The number of fused-ring (bicyclic) bond motifs is 5. The highest BCUT2D eigenvalue weighted by atomic mass is 19.1. The van der Waals surface area contributed by atoms with Gasteiger partial charge in [0.1, 0.15) is 17.8 Å². The van der Waals surface area contributed by atoms with Gasteiger partial charge >= 0.3 is 0 Å². The van der Waals surface area contributed by atoms with E-state index in [0.29, 0.717) is 17.5 Å². The number of nitrogens with one attached hydrogen (secondary N) is 3. The van der Waals surface area contributed by atoms with Crippen LogP contribution in [0.1, 0.15) is 51.5 Å². The average molecular weight is 518 g/mol. The van der Waals surface area contributed by atoms with Crippen molar-refractivity contribution in [1.82, 2.24) is 20.7 Å². The van der Waals surface area contributed by atoms with E-state index in [2.05, 4.69) is 10.6 Å². The van der Waals surface area contributed by atoms with Gasteiger partial charge in [0.15, 0.2) is 0 Å². The SMILES string of the molecule is CC(C)C[C@@H](C(=O)N[C@H]1Cc2cn(c3ccc(F)cc23)CCCCCCNC1=O)C(C(N)=O)C(=O)NO. The largest absolute Gasteiger partial charge is 0.369 e. The van der Waals surface area contributed by atoms with Crippen molar-refractivity contribution < 1.29 is 28.8 Å². The Kier molecular flexibility index (Phi) is 9.62. The van der Waals surface area contributed by atoms with Gasteiger partial charge in [-0.1, -0.05) is 26.7 Å². The lowest BCUT2D eigenvalue weighted by Crippen LogP contribution is -2.53. The maximum absolute atomic E-state index is 14.2. The van der Waals surface area contributed by atoms with Crippen LogP contribution in [0.25, 0.3) is 10.9 Å². The van der Waals surface area contributed by atoms with Gasteiger partial charge in [0, 0.05) is 36.6 Å². The summed E-state index contributed by atoms with van der Waals surface area (Å²) in [6.07, 6.45) is 5.69. The highest BCUT2D eigenvalue weighted by Crippen LogP contribution is 2.26. The van der Waals surface area contributed by atoms with E-state index in [1.165, 1.54) is 17.6 Å². The van der Waals surface area contributed by atoms with Crippen LogP contribution in [0.15, 0.2) is 24.4 Å². The van der Waals surface area contributed by atoms with Gasteiger partial charge in [0.2, 0.25) is 17.7 Å². The molecule has 1 aromatic carbocycles. The number of primary amides is 1. The lowest BCUT2D eigenvalue weighted by atomic mass is 9.83. The number of benzene rings is 1. The lowest BCUT2D eigenvalue weighted by molar-refractivity contribution is -0.147. The number of nitrogens with two attached hydrogens (primary N) is 1. The third-order valence-corrected chi connectivity index (χ3v) is 6.77. The van der Waals surface area contributed by atoms with Crippen molar-refractivity contribution in [2.45, 2.75) is 65.0 Å². The molecule has 0 fully saturated rings. The maximum Gasteiger partial charge on any atom is 0.256 e. The third kappa shape index (κ3) is 7.06. The summed E-state index contributed by atoms with van der Waals surface area (Å²) in [5, 5.41) is 15.3. The number of hydrogen-bond donors (Lipinski definition) is 5. The number of rotatable bonds is 7. The number of nitrogens with zero attached hydrogens (tertiary/aromatic N) is 1. The Morgan fingerprint density at radius 2 is 1.92 bits per heavy atom. The summed E-state index contributed by atoms with van der Waals surface area (Å²) >= 11 is 0. The summed E-state index contributed by atoms with van der Waals surface area (Å²) in [5.41, 5.74) is 8.35. The van der Waals surface area contributed by atoms with Crippen LogP contribution in [-0.4, -0.2) is 46.0 Å². The molecule has 202 valence electrons. The van der Waals surface area contributed by atoms with Crippen molar-refractivity contribution in [1.29, 1.82) is 0 Å². The number of carbonyl (C=O) groups excluding carboxylic acids is 4. The molecule has 0 saturated carbocycles. The van der Waals surface area contributed by atoms with Crippen LogP contribution in [0.4, 0.5) is 4.39 Å². The van der Waals surface area contributed by atoms with Crippen LogP contribution < -0.4 is 21.8 Å². The zero-order valence-corrected chi connectivity index (χ0v) is 21.3. The molecular weight excluding hydrogens is 481 g/mol. The summed E-state index contributed by atoms with van der Waals surface area (Å²) in [5.74, 6) is -6.62. The Morgan fingerprint density at radius 3 is 2.59 bits per heavy atom. The van der Waals surface area contributed by atoms with E-state index in [4.69, 9.17) is 10.9 Å². The molecule has 1 aliphatic heterocycles. The molecule has 2 aromatic rings. The maximum atomic E-state index is 14.2. The summed E-state index contributed by atoms with van der Waals surface area (Å²) in [4.78, 5) is 50.9. The summed E-state index contributed by atoms with van der Waals surface area (Å²) in [6, 6.07) is 3.47. The predicted octanol–water partition coefficient (Wildman–Crippen LogP) is 1.77. The van der Waals surface area contributed by atoms with E-state index >= 15 is 0 Å². The Balaban J connectivity index is 1.98. The molecule has 0 radical (unpaired) electrons. The minimum absolute atomic E-state index is 0.0758. The molecule has 1 aliphatic rings. The molecule has 10 nitrogen and oxygen atoms in total. The molecule has 3 rings (SSSR count). The standard InChI is InChI=1S/C26H36FN5O5/c1-15(2)11-19(22(23(28)33)26(36)31-37)24(34)30-20-12-16-14-32(21-8-7-17(27)13-18(16)21)10-6-4-3-5-9-29-25(20)35/h7-8,13-15,19-20,22,37H,3-6,9-12H2,1-2H3,(H2,28,33)(H,29,35)(H,30,34)(H,31,36)/t19-,20+,22?/m1/s1. The normalized spacial score (nSPS) is 18.6. The van der Waals surface area contributed by atoms with Crippen LogP contribution in [0.2, 0.25) is 0 Å². The molecule has 37 heavy (non-hydrogen) atoms. The smallest absolute Gasteiger partial charge is 0.256 e. The first-order valence-electron chi connectivity index (χ1n) is 12.7. The van der Waals surface area contributed by atoms with Crippen molar-refractivity contribution in [3.8, 4) is 0 Å². The highest BCUT2D eigenvalue weighted by molar-refractivity contribution is 6.03. The van der Waals surface area contributed by atoms with E-state index in [-0.39, 0.29) is 18.8 Å². The summed E-state index contributed by atoms with van der Waals surface area (Å²) in [7, 11) is 0. The Bertz CT molecular complexity index is 1150. The molecule has 2 heterocycles. The van der Waals surface area contributed by atoms with Crippen LogP contribution >= 0.6 is 0 Å². The molecule has 0 aliphatic carbocycles. The second-order valence-corrected chi connectivity index (χ2v) is 10.1. The van der Waals surface area contributed by atoms with E-state index in [0.717, 1.165) is 37.7 Å². The average Bonchev–Trinajstić information content (AvgIpc) is 3.17. The first-order chi connectivity index (χ1) is 17.6. The monoisotopic (exact) mass is 517 g/mol. The molecule has 3 atom stereocenters. The van der Waals surface area contributed by atoms with Crippen LogP contribution in [0, 0.1) is 23.6 Å². The fourth-order valence-corrected chi connectivity index (χ4v) is 4.98. The molecule has 11 heteroatoms. The number of aromatic nitrogens is 1. The molecule has 1 aromatic heterocycles. The third-order valence-electron chi connectivity index (χ3n) is 6.77. The van der Waals surface area contributed by atoms with Gasteiger partial charge in [-0.25, -0.2) is 9.87 Å². The van der Waals surface area contributed by atoms with Crippen LogP contribution in [-0.2, 0) is 32.1 Å². The quantitative estimate of drug-likeness (QED) is 0.215. The molecule has 4 amide bonds. The number of hydrogen-bond acceptors (Lipinski definition) is 5. The van der Waals surface area contributed by atoms with E-state index in [1.54, 1.807) is 6.07 Å². The van der Waals surface area contributed by atoms with Crippen LogP contribution in [0.3, 0.4) is 0 Å². The molecule has 0 saturated heterocycles. The van der Waals surface area contributed by atoms with Gasteiger partial charge < -0.3 is 20.9 Å². The second-order valence-electron chi connectivity index (χ2n) is 10.1. The Labute approximate surface area is 215 Å². The van der Waals surface area contributed by atoms with Crippen molar-refractivity contribution >= 4 is 34.5 Å². The summed E-state index contributed by atoms with van der Waals surface area (Å²) in [6.45, 7) is 4.80. The number of aryl methyl sites for hydroxylation is 1. The van der Waals surface area contributed by atoms with Crippen LogP contribution in [0.5, 0.6) is 0 Å². The number of amides is 4. The predicted molar refractivity (Wildman–Crippen MR) is 135 cm³/mol. The number of halogens is 1. The molecule has 6 N–H and O–H groups in total. The molecule has 0 spiro atoms. The Hall–Kier alpha value is -3.47. The Morgan fingerprint density at radius 1 is 1.19 bits per heavy atom. The van der Waals surface area contributed by atoms with E-state index < -0.39 is 47.3 Å². The van der Waals surface area contributed by atoms with Gasteiger partial charge in [0.05, 0.1) is 5.92 Å².